The van der Waals surface area contributed by atoms with E-state index in [0.29, 0.717) is 30.6 Å². The summed E-state index contributed by atoms with van der Waals surface area (Å²) in [5.41, 5.74) is -5.63. The van der Waals surface area contributed by atoms with Crippen LogP contribution in [0.4, 0.5) is 8.78 Å². The van der Waals surface area contributed by atoms with Crippen molar-refractivity contribution in [3.8, 4) is 0 Å². The molecule has 3 heterocycles. The molecule has 2 saturated heterocycles. The van der Waals surface area contributed by atoms with E-state index < -0.39 is 42.2 Å². The predicted molar refractivity (Wildman–Crippen MR) is 146 cm³/mol. The number of benzene rings is 1. The van der Waals surface area contributed by atoms with Crippen LogP contribution in [0.5, 0.6) is 0 Å². The summed E-state index contributed by atoms with van der Waals surface area (Å²) in [6.45, 7) is 7.35. The zero-order chi connectivity index (χ0) is 29.3. The van der Waals surface area contributed by atoms with Gasteiger partial charge in [0.2, 0.25) is 11.8 Å². The molecule has 3 aliphatic rings. The second kappa shape index (κ2) is 9.86. The molecule has 1 aliphatic carbocycles. The van der Waals surface area contributed by atoms with Gasteiger partial charge in [0.25, 0.3) is 5.91 Å². The molecule has 2 aromatic rings. The standard InChI is InChI=1S/C27H34F2N3O6PS/c1-25(2,3)21(24(35)32-11-4-5-18(32)23(34)31-12-10-26(15-31)8-9-26)30-22(33)20-14-16-13-17(6-7-19(16)40-20)27(28,29)39(36,37)38/h6-7,13-14,18,21H,4-5,8-12,15H2,1-3H3,(H,30,33)(H2,36,37,38)/t18-,21+/m0/s1. The fraction of sp³-hybridized carbons (Fsp3) is 0.593. The molecule has 5 rings (SSSR count). The Labute approximate surface area is 235 Å². The van der Waals surface area contributed by atoms with E-state index in [4.69, 9.17) is 9.79 Å². The molecule has 0 unspecified atom stereocenters. The smallest absolute Gasteiger partial charge is 0.340 e. The highest BCUT2D eigenvalue weighted by molar-refractivity contribution is 7.52. The Kier molecular flexibility index (Phi) is 7.17. The summed E-state index contributed by atoms with van der Waals surface area (Å²) >= 11 is 1.02. The van der Waals surface area contributed by atoms with Gasteiger partial charge in [0.1, 0.15) is 12.1 Å². The molecular weight excluding hydrogens is 563 g/mol. The van der Waals surface area contributed by atoms with Crippen molar-refractivity contribution in [3.05, 3.63) is 34.7 Å². The average molecular weight is 598 g/mol. The summed E-state index contributed by atoms with van der Waals surface area (Å²) in [6, 6.07) is 3.04. The first-order valence-corrected chi connectivity index (χ1v) is 15.8. The SMILES string of the molecule is CC(C)(C)[C@H](NC(=O)c1cc2cc(C(F)(F)P(=O)(O)O)ccc2s1)C(=O)N1CCC[C@H]1C(=O)N1CCC2(CC2)C1. The first kappa shape index (κ1) is 29.1. The minimum absolute atomic E-state index is 0.0268. The van der Waals surface area contributed by atoms with E-state index in [0.717, 1.165) is 49.3 Å². The van der Waals surface area contributed by atoms with Gasteiger partial charge in [-0.1, -0.05) is 26.8 Å². The normalized spacial score (nSPS) is 21.7. The largest absolute Gasteiger partial charge is 0.399 e. The maximum atomic E-state index is 14.2. The Morgan fingerprint density at radius 2 is 1.82 bits per heavy atom. The van der Waals surface area contributed by atoms with Crippen molar-refractivity contribution in [2.24, 2.45) is 10.8 Å². The summed E-state index contributed by atoms with van der Waals surface area (Å²) in [4.78, 5) is 62.3. The number of amides is 3. The third kappa shape index (κ3) is 5.31. The van der Waals surface area contributed by atoms with E-state index in [-0.39, 0.29) is 27.5 Å². The van der Waals surface area contributed by atoms with E-state index in [2.05, 4.69) is 5.32 Å². The maximum Gasteiger partial charge on any atom is 0.399 e. The molecule has 2 atom stereocenters. The Morgan fingerprint density at radius 1 is 1.12 bits per heavy atom. The number of halogens is 2. The van der Waals surface area contributed by atoms with Crippen LogP contribution in [-0.2, 0) is 19.8 Å². The topological polar surface area (TPSA) is 127 Å². The summed E-state index contributed by atoms with van der Waals surface area (Å²) < 4.78 is 40.2. The Balaban J connectivity index is 1.34. The Hall–Kier alpha value is -2.40. The average Bonchev–Trinajstić information content (AvgIpc) is 3.23. The van der Waals surface area contributed by atoms with Gasteiger partial charge in [0.05, 0.1) is 4.88 Å². The lowest BCUT2D eigenvalue weighted by molar-refractivity contribution is -0.145. The highest BCUT2D eigenvalue weighted by Gasteiger charge is 2.52. The van der Waals surface area contributed by atoms with Crippen LogP contribution in [-0.4, -0.2) is 69.0 Å². The lowest BCUT2D eigenvalue weighted by Crippen LogP contribution is -2.57. The molecule has 2 aliphatic heterocycles. The molecule has 1 saturated carbocycles. The van der Waals surface area contributed by atoms with Crippen LogP contribution in [0.25, 0.3) is 10.1 Å². The number of nitrogens with one attached hydrogen (secondary N) is 1. The third-order valence-electron chi connectivity index (χ3n) is 8.37. The van der Waals surface area contributed by atoms with Crippen LogP contribution in [0.15, 0.2) is 24.3 Å². The van der Waals surface area contributed by atoms with Gasteiger partial charge in [0, 0.05) is 29.9 Å². The first-order chi connectivity index (χ1) is 18.5. The van der Waals surface area contributed by atoms with Crippen LogP contribution in [0.1, 0.15) is 68.1 Å². The molecule has 13 heteroatoms. The fourth-order valence-electron chi connectivity index (χ4n) is 5.73. The van der Waals surface area contributed by atoms with E-state index in [1.54, 1.807) is 4.90 Å². The monoisotopic (exact) mass is 597 g/mol. The van der Waals surface area contributed by atoms with E-state index >= 15 is 0 Å². The van der Waals surface area contributed by atoms with Crippen molar-refractivity contribution in [2.45, 2.75) is 70.6 Å². The van der Waals surface area contributed by atoms with Gasteiger partial charge >= 0.3 is 13.3 Å². The van der Waals surface area contributed by atoms with Crippen LogP contribution in [0.2, 0.25) is 0 Å². The third-order valence-corrected chi connectivity index (χ3v) is 10.5. The molecule has 1 spiro atoms. The molecule has 1 aromatic carbocycles. The van der Waals surface area contributed by atoms with Gasteiger partial charge in [0.15, 0.2) is 0 Å². The van der Waals surface area contributed by atoms with Crippen molar-refractivity contribution in [1.82, 2.24) is 15.1 Å². The lowest BCUT2D eigenvalue weighted by Gasteiger charge is -2.36. The van der Waals surface area contributed by atoms with Gasteiger partial charge in [-0.2, -0.15) is 8.78 Å². The quantitative estimate of drug-likeness (QED) is 0.427. The highest BCUT2D eigenvalue weighted by Crippen LogP contribution is 2.59. The minimum Gasteiger partial charge on any atom is -0.340 e. The number of carbonyl (C=O) groups excluding carboxylic acids is 3. The molecular formula is C27H34F2N3O6PS. The zero-order valence-corrected chi connectivity index (χ0v) is 24.4. The van der Waals surface area contributed by atoms with Gasteiger partial charge < -0.3 is 24.9 Å². The van der Waals surface area contributed by atoms with Crippen molar-refractivity contribution in [1.29, 1.82) is 0 Å². The zero-order valence-electron chi connectivity index (χ0n) is 22.7. The molecule has 3 amide bonds. The van der Waals surface area contributed by atoms with Gasteiger partial charge in [-0.05, 0) is 66.5 Å². The molecule has 1 aromatic heterocycles. The van der Waals surface area contributed by atoms with Crippen LogP contribution >= 0.6 is 18.9 Å². The van der Waals surface area contributed by atoms with Crippen molar-refractivity contribution >= 4 is 46.7 Å². The summed E-state index contributed by atoms with van der Waals surface area (Å²) in [5.74, 6) is -0.933. The number of hydrogen-bond donors (Lipinski definition) is 3. The number of likely N-dealkylation sites (tertiary alicyclic amines) is 2. The maximum absolute atomic E-state index is 14.2. The number of hydrogen-bond acceptors (Lipinski definition) is 5. The van der Waals surface area contributed by atoms with E-state index in [1.807, 2.05) is 25.7 Å². The van der Waals surface area contributed by atoms with Crippen LogP contribution in [0.3, 0.4) is 0 Å². The molecule has 218 valence electrons. The summed E-state index contributed by atoms with van der Waals surface area (Å²) in [6.07, 6.45) is 4.58. The van der Waals surface area contributed by atoms with Crippen LogP contribution < -0.4 is 5.32 Å². The van der Waals surface area contributed by atoms with Gasteiger partial charge in [-0.3, -0.25) is 18.9 Å². The molecule has 3 fully saturated rings. The number of rotatable bonds is 6. The molecule has 0 bridgehead atoms. The van der Waals surface area contributed by atoms with Gasteiger partial charge in [-0.25, -0.2) is 0 Å². The number of nitrogens with zero attached hydrogens (tertiary/aromatic N) is 2. The van der Waals surface area contributed by atoms with E-state index in [9.17, 15) is 27.7 Å². The second-order valence-electron chi connectivity index (χ2n) is 12.4. The van der Waals surface area contributed by atoms with Crippen molar-refractivity contribution in [2.75, 3.05) is 19.6 Å². The molecule has 40 heavy (non-hydrogen) atoms. The summed E-state index contributed by atoms with van der Waals surface area (Å²) in [5, 5.41) is 3.04. The molecule has 9 nitrogen and oxygen atoms in total. The van der Waals surface area contributed by atoms with Crippen LogP contribution in [0, 0.1) is 10.8 Å². The van der Waals surface area contributed by atoms with Crippen molar-refractivity contribution < 1.29 is 37.5 Å². The first-order valence-electron chi connectivity index (χ1n) is 13.4. The van der Waals surface area contributed by atoms with E-state index in [1.165, 1.54) is 12.1 Å². The lowest BCUT2D eigenvalue weighted by atomic mass is 9.85. The summed E-state index contributed by atoms with van der Waals surface area (Å²) in [7, 11) is -5.74. The number of carbonyl (C=O) groups is 3. The van der Waals surface area contributed by atoms with Crippen molar-refractivity contribution in [3.63, 3.8) is 0 Å². The number of fused-ring (bicyclic) bond motifs is 1. The molecule has 3 N–H and O–H groups in total. The Morgan fingerprint density at radius 3 is 2.42 bits per heavy atom. The molecule has 0 radical (unpaired) electrons. The van der Waals surface area contributed by atoms with Gasteiger partial charge in [-0.15, -0.1) is 11.3 Å². The number of alkyl halides is 2. The highest BCUT2D eigenvalue weighted by atomic mass is 32.1. The Bertz CT molecular complexity index is 1410. The predicted octanol–water partition coefficient (Wildman–Crippen LogP) is 4.28. The fourth-order valence-corrected chi connectivity index (χ4v) is 7.16. The second-order valence-corrected chi connectivity index (χ2v) is 15.2. The number of thiophene rings is 1. The minimum atomic E-state index is -5.74.